The van der Waals surface area contributed by atoms with E-state index in [1.165, 1.54) is 10.5 Å². The second-order valence-electron chi connectivity index (χ2n) is 5.53. The van der Waals surface area contributed by atoms with Gasteiger partial charge >= 0.3 is 0 Å². The summed E-state index contributed by atoms with van der Waals surface area (Å²) in [5.41, 5.74) is 2.31. The molecule has 2 aromatic carbocycles. The van der Waals surface area contributed by atoms with Crippen LogP contribution in [0.4, 0.5) is 0 Å². The van der Waals surface area contributed by atoms with E-state index in [0.29, 0.717) is 0 Å². The highest BCUT2D eigenvalue weighted by Crippen LogP contribution is 2.22. The van der Waals surface area contributed by atoms with Crippen LogP contribution in [0.15, 0.2) is 59.5 Å². The molecule has 0 aromatic heterocycles. The Morgan fingerprint density at radius 3 is 2.36 bits per heavy atom. The predicted molar refractivity (Wildman–Crippen MR) is 95.2 cm³/mol. The quantitative estimate of drug-likeness (QED) is 0.732. The molecular formula is C19H25NOS. The standard InChI is InChI=1S/C19H25NOS/c1-3-22-18-11-9-17(10-12-18)19(21)13-14-20(2)15-16-7-5-4-6-8-16/h4-12,19,21H,3,13-15H2,1-2H3. The van der Waals surface area contributed by atoms with Crippen molar-refractivity contribution in [2.45, 2.75) is 30.9 Å². The predicted octanol–water partition coefficient (Wildman–Crippen LogP) is 4.35. The van der Waals surface area contributed by atoms with Crippen molar-refractivity contribution in [2.24, 2.45) is 0 Å². The van der Waals surface area contributed by atoms with Crippen LogP contribution in [-0.4, -0.2) is 29.4 Å². The highest BCUT2D eigenvalue weighted by molar-refractivity contribution is 7.99. The van der Waals surface area contributed by atoms with Crippen molar-refractivity contribution in [3.63, 3.8) is 0 Å². The van der Waals surface area contributed by atoms with Crippen LogP contribution >= 0.6 is 11.8 Å². The molecule has 0 aliphatic carbocycles. The van der Waals surface area contributed by atoms with Crippen LogP contribution in [0.3, 0.4) is 0 Å². The maximum atomic E-state index is 10.3. The number of thioether (sulfide) groups is 1. The van der Waals surface area contributed by atoms with Crippen LogP contribution in [0.1, 0.15) is 30.6 Å². The van der Waals surface area contributed by atoms with Gasteiger partial charge in [-0.1, -0.05) is 49.4 Å². The molecular weight excluding hydrogens is 290 g/mol. The first-order valence-electron chi connectivity index (χ1n) is 7.82. The molecule has 1 atom stereocenters. The molecule has 1 unspecified atom stereocenters. The fraction of sp³-hybridized carbons (Fsp3) is 0.368. The van der Waals surface area contributed by atoms with E-state index >= 15 is 0 Å². The minimum absolute atomic E-state index is 0.390. The molecule has 118 valence electrons. The van der Waals surface area contributed by atoms with Crippen molar-refractivity contribution in [1.82, 2.24) is 4.90 Å². The van der Waals surface area contributed by atoms with E-state index in [4.69, 9.17) is 0 Å². The topological polar surface area (TPSA) is 23.5 Å². The van der Waals surface area contributed by atoms with E-state index in [1.54, 1.807) is 0 Å². The van der Waals surface area contributed by atoms with Gasteiger partial charge in [-0.2, -0.15) is 0 Å². The van der Waals surface area contributed by atoms with Gasteiger partial charge in [-0.25, -0.2) is 0 Å². The minimum Gasteiger partial charge on any atom is -0.388 e. The summed E-state index contributed by atoms with van der Waals surface area (Å²) in [6.45, 7) is 3.94. The number of rotatable bonds is 8. The lowest BCUT2D eigenvalue weighted by molar-refractivity contribution is 0.147. The Balaban J connectivity index is 1.80. The summed E-state index contributed by atoms with van der Waals surface area (Å²) >= 11 is 1.83. The van der Waals surface area contributed by atoms with Crippen molar-refractivity contribution >= 4 is 11.8 Å². The first-order valence-corrected chi connectivity index (χ1v) is 8.81. The third-order valence-electron chi connectivity index (χ3n) is 3.66. The van der Waals surface area contributed by atoms with Crippen LogP contribution in [-0.2, 0) is 6.54 Å². The fourth-order valence-corrected chi connectivity index (χ4v) is 3.10. The number of benzene rings is 2. The lowest BCUT2D eigenvalue weighted by Gasteiger charge is -2.19. The summed E-state index contributed by atoms with van der Waals surface area (Å²) in [5, 5.41) is 10.3. The first-order chi connectivity index (χ1) is 10.7. The van der Waals surface area contributed by atoms with Crippen LogP contribution in [0.25, 0.3) is 0 Å². The third-order valence-corrected chi connectivity index (χ3v) is 4.55. The lowest BCUT2D eigenvalue weighted by atomic mass is 10.1. The number of hydrogen-bond acceptors (Lipinski definition) is 3. The number of hydrogen-bond donors (Lipinski definition) is 1. The summed E-state index contributed by atoms with van der Waals surface area (Å²) in [6.07, 6.45) is 0.364. The zero-order chi connectivity index (χ0) is 15.8. The fourth-order valence-electron chi connectivity index (χ4n) is 2.44. The zero-order valence-corrected chi connectivity index (χ0v) is 14.2. The van der Waals surface area contributed by atoms with E-state index < -0.39 is 0 Å². The molecule has 0 saturated carbocycles. The molecule has 0 radical (unpaired) electrons. The molecule has 0 spiro atoms. The number of aliphatic hydroxyl groups is 1. The average Bonchev–Trinajstić information content (AvgIpc) is 2.54. The maximum Gasteiger partial charge on any atom is 0.0802 e. The van der Waals surface area contributed by atoms with Gasteiger partial charge in [-0.05, 0) is 42.5 Å². The van der Waals surface area contributed by atoms with Crippen LogP contribution in [0.2, 0.25) is 0 Å². The molecule has 2 aromatic rings. The Morgan fingerprint density at radius 1 is 1.05 bits per heavy atom. The summed E-state index contributed by atoms with van der Waals surface area (Å²) in [7, 11) is 2.10. The summed E-state index contributed by atoms with van der Waals surface area (Å²) < 4.78 is 0. The summed E-state index contributed by atoms with van der Waals surface area (Å²) in [6, 6.07) is 18.7. The van der Waals surface area contributed by atoms with Crippen molar-refractivity contribution in [3.8, 4) is 0 Å². The maximum absolute atomic E-state index is 10.3. The van der Waals surface area contributed by atoms with Crippen molar-refractivity contribution in [3.05, 3.63) is 65.7 Å². The Labute approximate surface area is 138 Å². The molecule has 22 heavy (non-hydrogen) atoms. The molecule has 0 bridgehead atoms. The van der Waals surface area contributed by atoms with Crippen LogP contribution < -0.4 is 0 Å². The number of aliphatic hydroxyl groups excluding tert-OH is 1. The summed E-state index contributed by atoms with van der Waals surface area (Å²) in [4.78, 5) is 3.51. The van der Waals surface area contributed by atoms with E-state index in [9.17, 15) is 5.11 Å². The van der Waals surface area contributed by atoms with E-state index in [1.807, 2.05) is 30.0 Å². The molecule has 3 heteroatoms. The average molecular weight is 315 g/mol. The molecule has 0 aliphatic heterocycles. The van der Waals surface area contributed by atoms with Crippen molar-refractivity contribution in [2.75, 3.05) is 19.3 Å². The minimum atomic E-state index is -0.390. The number of nitrogens with zero attached hydrogens (tertiary/aromatic N) is 1. The summed E-state index contributed by atoms with van der Waals surface area (Å²) in [5.74, 6) is 1.08. The second kappa shape index (κ2) is 8.99. The van der Waals surface area contributed by atoms with Gasteiger partial charge in [-0.3, -0.25) is 0 Å². The van der Waals surface area contributed by atoms with Gasteiger partial charge < -0.3 is 10.0 Å². The Hall–Kier alpha value is -1.29. The molecule has 0 saturated heterocycles. The first kappa shape index (κ1) is 17.1. The Bertz CT molecular complexity index is 541. The highest BCUT2D eigenvalue weighted by atomic mass is 32.2. The largest absolute Gasteiger partial charge is 0.388 e. The molecule has 2 nitrogen and oxygen atoms in total. The third kappa shape index (κ3) is 5.48. The highest BCUT2D eigenvalue weighted by Gasteiger charge is 2.09. The molecule has 0 fully saturated rings. The molecule has 2 rings (SSSR count). The van der Waals surface area contributed by atoms with Gasteiger partial charge in [0.15, 0.2) is 0 Å². The molecule has 0 amide bonds. The smallest absolute Gasteiger partial charge is 0.0802 e. The van der Waals surface area contributed by atoms with Gasteiger partial charge in [0.2, 0.25) is 0 Å². The van der Waals surface area contributed by atoms with E-state index in [-0.39, 0.29) is 6.10 Å². The van der Waals surface area contributed by atoms with Crippen molar-refractivity contribution in [1.29, 1.82) is 0 Å². The second-order valence-corrected chi connectivity index (χ2v) is 6.87. The van der Waals surface area contributed by atoms with Gasteiger partial charge in [0.1, 0.15) is 0 Å². The van der Waals surface area contributed by atoms with Gasteiger partial charge in [0.25, 0.3) is 0 Å². The van der Waals surface area contributed by atoms with Crippen LogP contribution in [0, 0.1) is 0 Å². The zero-order valence-electron chi connectivity index (χ0n) is 13.4. The monoisotopic (exact) mass is 315 g/mol. The molecule has 0 aliphatic rings. The lowest BCUT2D eigenvalue weighted by Crippen LogP contribution is -2.20. The molecule has 1 N–H and O–H groups in total. The van der Waals surface area contributed by atoms with Crippen LogP contribution in [0.5, 0.6) is 0 Å². The SMILES string of the molecule is CCSc1ccc(C(O)CCN(C)Cc2ccccc2)cc1. The van der Waals surface area contributed by atoms with E-state index in [0.717, 1.165) is 30.8 Å². The Morgan fingerprint density at radius 2 is 1.73 bits per heavy atom. The van der Waals surface area contributed by atoms with Gasteiger partial charge in [0.05, 0.1) is 6.10 Å². The Kier molecular flexibility index (Phi) is 6.97. The molecule has 0 heterocycles. The van der Waals surface area contributed by atoms with Crippen molar-refractivity contribution < 1.29 is 5.11 Å². The van der Waals surface area contributed by atoms with Gasteiger partial charge in [0, 0.05) is 18.0 Å². The normalized spacial score (nSPS) is 12.5. The van der Waals surface area contributed by atoms with E-state index in [2.05, 4.69) is 55.3 Å². The van der Waals surface area contributed by atoms with Gasteiger partial charge in [-0.15, -0.1) is 11.8 Å².